The minimum absolute atomic E-state index is 0.00818. The molecule has 3 aliphatic rings. The van der Waals surface area contributed by atoms with Gasteiger partial charge in [-0.15, -0.1) is 0 Å². The van der Waals surface area contributed by atoms with Crippen molar-refractivity contribution in [2.75, 3.05) is 13.1 Å². The third-order valence-corrected chi connectivity index (χ3v) is 10.3. The summed E-state index contributed by atoms with van der Waals surface area (Å²) >= 11 is 0. The number of hydrogen-bond donors (Lipinski definition) is 3. The summed E-state index contributed by atoms with van der Waals surface area (Å²) in [6.45, 7) is 9.70. The summed E-state index contributed by atoms with van der Waals surface area (Å²) in [5, 5.41) is 21.3. The number of carbonyl (C=O) groups excluding carboxylic acids is 1. The van der Waals surface area contributed by atoms with E-state index in [0.717, 1.165) is 52.9 Å². The van der Waals surface area contributed by atoms with Gasteiger partial charge in [0.2, 0.25) is 5.91 Å². The molecule has 1 saturated carbocycles. The zero-order chi connectivity index (χ0) is 33.9. The lowest BCUT2D eigenvalue weighted by Gasteiger charge is -2.41. The highest BCUT2D eigenvalue weighted by Gasteiger charge is 2.50. The number of likely N-dealkylation sites (tertiary alicyclic amines) is 1. The molecule has 2 heterocycles. The number of ether oxygens (including phenoxy) is 2. The van der Waals surface area contributed by atoms with E-state index in [0.29, 0.717) is 29.8 Å². The Morgan fingerprint density at radius 3 is 2.38 bits per heavy atom. The number of fused-ring (bicyclic) bond motifs is 2. The molecule has 0 radical (unpaired) electrons. The maximum Gasteiger partial charge on any atom is 0.303 e. The van der Waals surface area contributed by atoms with Gasteiger partial charge in [0, 0.05) is 50.5 Å². The van der Waals surface area contributed by atoms with Crippen molar-refractivity contribution in [3.05, 3.63) is 95.1 Å². The number of carbonyl (C=O) groups is 2. The number of aliphatic hydroxyl groups is 1. The van der Waals surface area contributed by atoms with Crippen molar-refractivity contribution in [2.45, 2.75) is 103 Å². The number of aliphatic carboxylic acids is 1. The smallest absolute Gasteiger partial charge is 0.303 e. The molecule has 1 amide bonds. The highest BCUT2D eigenvalue weighted by atomic mass is 16.7. The molecule has 3 N–H and O–H groups in total. The Kier molecular flexibility index (Phi) is 10.4. The third-order valence-electron chi connectivity index (χ3n) is 10.3. The molecular formula is C40H50N2O6. The van der Waals surface area contributed by atoms with Crippen LogP contribution in [0, 0.1) is 10.8 Å². The monoisotopic (exact) mass is 654 g/mol. The number of benzene rings is 3. The van der Waals surface area contributed by atoms with Crippen LogP contribution in [0.5, 0.6) is 0 Å². The number of aliphatic hydroxyl groups excluding tert-OH is 1. The minimum Gasteiger partial charge on any atom is -0.481 e. The summed E-state index contributed by atoms with van der Waals surface area (Å²) < 4.78 is 13.4. The van der Waals surface area contributed by atoms with E-state index in [1.807, 2.05) is 24.3 Å². The zero-order valence-electron chi connectivity index (χ0n) is 28.5. The van der Waals surface area contributed by atoms with E-state index in [1.54, 1.807) is 0 Å². The summed E-state index contributed by atoms with van der Waals surface area (Å²) in [6, 6.07) is 25.1. The number of hydrogen-bond acceptors (Lipinski definition) is 6. The minimum atomic E-state index is -0.890. The number of nitrogens with zero attached hydrogens (tertiary/aromatic N) is 1. The first kappa shape index (κ1) is 34.3. The van der Waals surface area contributed by atoms with Crippen molar-refractivity contribution in [1.82, 2.24) is 10.2 Å². The van der Waals surface area contributed by atoms with Gasteiger partial charge in [-0.3, -0.25) is 14.5 Å². The zero-order valence-corrected chi connectivity index (χ0v) is 28.5. The van der Waals surface area contributed by atoms with Crippen LogP contribution < -0.4 is 5.32 Å². The van der Waals surface area contributed by atoms with E-state index in [-0.39, 0.29) is 37.6 Å². The van der Waals surface area contributed by atoms with Crippen LogP contribution >= 0.6 is 0 Å². The van der Waals surface area contributed by atoms with Gasteiger partial charge in [0.15, 0.2) is 6.29 Å². The molecule has 2 bridgehead atoms. The molecule has 3 fully saturated rings. The predicted octanol–water partition coefficient (Wildman–Crippen LogP) is 7.16. The molecule has 2 aliphatic heterocycles. The van der Waals surface area contributed by atoms with Gasteiger partial charge in [-0.2, -0.15) is 0 Å². The first-order chi connectivity index (χ1) is 23.0. The van der Waals surface area contributed by atoms with E-state index in [9.17, 15) is 14.7 Å². The van der Waals surface area contributed by atoms with Gasteiger partial charge in [0.1, 0.15) is 0 Å². The predicted molar refractivity (Wildman–Crippen MR) is 185 cm³/mol. The maximum atomic E-state index is 12.2. The Hall–Kier alpha value is -3.56. The van der Waals surface area contributed by atoms with E-state index < -0.39 is 12.3 Å². The molecule has 8 nitrogen and oxygen atoms in total. The lowest BCUT2D eigenvalue weighted by molar-refractivity contribution is -0.253. The van der Waals surface area contributed by atoms with Crippen molar-refractivity contribution >= 4 is 11.9 Å². The quantitative estimate of drug-likeness (QED) is 0.190. The highest BCUT2D eigenvalue weighted by Crippen LogP contribution is 2.53. The van der Waals surface area contributed by atoms with Gasteiger partial charge in [-0.1, -0.05) is 87.5 Å². The standard InChI is InChI=1S/C40H50N2O6/c1-39(2)20-33-21-40(3,25-39)26-42(33)23-34-19-35(30-12-10-27(24-43)11-13-30)48-38(47-34)31-16-14-29(15-17-31)32-7-4-6-28(18-32)22-41-36(44)8-5-9-37(45)46/h4,6-7,10-18,33-35,38,43H,5,8-9,19-26H2,1-3H3,(H,41,44)(H,45,46)/t33?,34-,35+,38+,40?/m1/s1. The van der Waals surface area contributed by atoms with Crippen LogP contribution in [0.15, 0.2) is 72.8 Å². The van der Waals surface area contributed by atoms with Crippen molar-refractivity contribution in [3.63, 3.8) is 0 Å². The van der Waals surface area contributed by atoms with E-state index in [1.165, 1.54) is 19.3 Å². The molecule has 256 valence electrons. The highest BCUT2D eigenvalue weighted by molar-refractivity contribution is 5.76. The van der Waals surface area contributed by atoms with E-state index >= 15 is 0 Å². The first-order valence-corrected chi connectivity index (χ1v) is 17.4. The number of amides is 1. The average molecular weight is 655 g/mol. The fourth-order valence-corrected chi connectivity index (χ4v) is 8.47. The van der Waals surface area contributed by atoms with Crippen molar-refractivity contribution in [3.8, 4) is 11.1 Å². The van der Waals surface area contributed by atoms with Crippen LogP contribution in [0.1, 0.15) is 100 Å². The van der Waals surface area contributed by atoms with Gasteiger partial charge in [-0.25, -0.2) is 0 Å². The fourth-order valence-electron chi connectivity index (χ4n) is 8.47. The number of nitrogens with one attached hydrogen (secondary N) is 1. The van der Waals surface area contributed by atoms with Crippen LogP contribution in [0.3, 0.4) is 0 Å². The summed E-state index contributed by atoms with van der Waals surface area (Å²) in [6.07, 6.45) is 4.45. The third kappa shape index (κ3) is 8.53. The Morgan fingerprint density at radius 1 is 0.896 bits per heavy atom. The average Bonchev–Trinajstić information content (AvgIpc) is 3.30. The Morgan fingerprint density at radius 2 is 1.65 bits per heavy atom. The molecule has 2 unspecified atom stereocenters. The number of carboxylic acid groups (broad SMARTS) is 1. The van der Waals surface area contributed by atoms with Gasteiger partial charge in [0.05, 0.1) is 18.8 Å². The summed E-state index contributed by atoms with van der Waals surface area (Å²) in [4.78, 5) is 25.6. The number of rotatable bonds is 12. The van der Waals surface area contributed by atoms with Crippen LogP contribution in [0.4, 0.5) is 0 Å². The number of carboxylic acids is 1. The summed E-state index contributed by atoms with van der Waals surface area (Å²) in [5.74, 6) is -1.04. The van der Waals surface area contributed by atoms with Gasteiger partial charge >= 0.3 is 5.97 Å². The lowest BCUT2D eigenvalue weighted by Crippen LogP contribution is -2.42. The molecule has 0 aromatic heterocycles. The van der Waals surface area contributed by atoms with E-state index in [4.69, 9.17) is 14.6 Å². The van der Waals surface area contributed by atoms with Crippen molar-refractivity contribution < 1.29 is 29.3 Å². The van der Waals surface area contributed by atoms with Crippen LogP contribution in [-0.4, -0.2) is 52.2 Å². The molecule has 3 aromatic rings. The molecule has 1 aliphatic carbocycles. The topological polar surface area (TPSA) is 108 Å². The molecule has 2 saturated heterocycles. The normalized spacial score (nSPS) is 26.7. The second-order valence-corrected chi connectivity index (χ2v) is 15.3. The fraction of sp³-hybridized carbons (Fsp3) is 0.500. The molecular weight excluding hydrogens is 604 g/mol. The second-order valence-electron chi connectivity index (χ2n) is 15.3. The molecule has 3 aromatic carbocycles. The lowest BCUT2D eigenvalue weighted by atomic mass is 9.65. The van der Waals surface area contributed by atoms with Gasteiger partial charge in [-0.05, 0) is 70.4 Å². The molecule has 8 heteroatoms. The van der Waals surface area contributed by atoms with Crippen molar-refractivity contribution in [2.24, 2.45) is 10.8 Å². The van der Waals surface area contributed by atoms with Crippen LogP contribution in [0.25, 0.3) is 11.1 Å². The van der Waals surface area contributed by atoms with Gasteiger partial charge < -0.3 is 25.0 Å². The molecule has 6 rings (SSSR count). The second kappa shape index (κ2) is 14.5. The van der Waals surface area contributed by atoms with E-state index in [2.05, 4.69) is 79.5 Å². The molecule has 5 atom stereocenters. The SMILES string of the molecule is CC1(C)CC2CC(C)(CN2C[C@H]2C[C@@H](c3ccc(CO)cc3)O[C@@H](c3ccc(-c4cccc(CNC(=O)CCCC(=O)O)c4)cc3)O2)C1. The van der Waals surface area contributed by atoms with Gasteiger partial charge in [0.25, 0.3) is 0 Å². The van der Waals surface area contributed by atoms with Crippen LogP contribution in [0.2, 0.25) is 0 Å². The summed E-state index contributed by atoms with van der Waals surface area (Å²) in [5.41, 5.74) is 6.75. The molecule has 48 heavy (non-hydrogen) atoms. The Labute approximate surface area is 284 Å². The Balaban J connectivity index is 1.15. The Bertz CT molecular complexity index is 1570. The van der Waals surface area contributed by atoms with Crippen molar-refractivity contribution in [1.29, 1.82) is 0 Å². The largest absolute Gasteiger partial charge is 0.481 e. The molecule has 0 spiro atoms. The summed E-state index contributed by atoms with van der Waals surface area (Å²) in [7, 11) is 0. The van der Waals surface area contributed by atoms with Crippen LogP contribution in [-0.2, 0) is 32.2 Å². The maximum absolute atomic E-state index is 12.2. The first-order valence-electron chi connectivity index (χ1n) is 17.4.